The van der Waals surface area contributed by atoms with Crippen LogP contribution in [0.4, 0.5) is 0 Å². The van der Waals surface area contributed by atoms with E-state index in [1.807, 2.05) is 39.0 Å². The monoisotopic (exact) mass is 276 g/mol. The molecule has 0 spiro atoms. The third-order valence-electron chi connectivity index (χ3n) is 3.53. The van der Waals surface area contributed by atoms with Crippen LogP contribution in [-0.2, 0) is 9.59 Å². The molecule has 1 aliphatic carbocycles. The molecule has 0 aliphatic heterocycles. The number of aryl methyl sites for hydroxylation is 2. The average Bonchev–Trinajstić information content (AvgIpc) is 3.12. The van der Waals surface area contributed by atoms with Crippen LogP contribution in [0.3, 0.4) is 0 Å². The van der Waals surface area contributed by atoms with Crippen molar-refractivity contribution < 1.29 is 14.3 Å². The van der Waals surface area contributed by atoms with E-state index in [2.05, 4.69) is 10.9 Å². The van der Waals surface area contributed by atoms with Gasteiger partial charge in [0.2, 0.25) is 5.91 Å². The predicted octanol–water partition coefficient (Wildman–Crippen LogP) is 1.49. The lowest BCUT2D eigenvalue weighted by Gasteiger charge is -2.12. The maximum Gasteiger partial charge on any atom is 0.276 e. The normalized spacial score (nSPS) is 20.1. The number of amides is 2. The van der Waals surface area contributed by atoms with Gasteiger partial charge in [-0.25, -0.2) is 0 Å². The summed E-state index contributed by atoms with van der Waals surface area (Å²) in [5.74, 6) is 0.671. The van der Waals surface area contributed by atoms with Crippen LogP contribution in [0.25, 0.3) is 0 Å². The zero-order valence-electron chi connectivity index (χ0n) is 12.0. The lowest BCUT2D eigenvalue weighted by Crippen LogP contribution is -2.44. The first-order chi connectivity index (χ1) is 9.49. The predicted molar refractivity (Wildman–Crippen MR) is 75.0 cm³/mol. The van der Waals surface area contributed by atoms with Crippen molar-refractivity contribution in [1.82, 2.24) is 10.9 Å². The summed E-state index contributed by atoms with van der Waals surface area (Å²) in [7, 11) is 0. The van der Waals surface area contributed by atoms with Gasteiger partial charge < -0.3 is 4.74 Å². The van der Waals surface area contributed by atoms with Gasteiger partial charge in [0.15, 0.2) is 6.61 Å². The fraction of sp³-hybridized carbons (Fsp3) is 0.467. The SMILES string of the molecule is Cc1cccc(C)c1OCC(=O)NNC(=O)[C@@H]1C[C@H]1C. The van der Waals surface area contributed by atoms with Gasteiger partial charge in [-0.2, -0.15) is 0 Å². The molecular formula is C15H20N2O3. The molecule has 2 amide bonds. The summed E-state index contributed by atoms with van der Waals surface area (Å²) in [6, 6.07) is 5.79. The summed E-state index contributed by atoms with van der Waals surface area (Å²) in [5, 5.41) is 0. The fourth-order valence-corrected chi connectivity index (χ4v) is 2.11. The lowest BCUT2D eigenvalue weighted by molar-refractivity contribution is -0.130. The zero-order chi connectivity index (χ0) is 14.7. The van der Waals surface area contributed by atoms with E-state index in [4.69, 9.17) is 4.74 Å². The Labute approximate surface area is 118 Å². The van der Waals surface area contributed by atoms with Crippen molar-refractivity contribution in [1.29, 1.82) is 0 Å². The molecule has 1 fully saturated rings. The molecule has 5 heteroatoms. The van der Waals surface area contributed by atoms with Crippen LogP contribution < -0.4 is 15.6 Å². The molecule has 108 valence electrons. The highest BCUT2D eigenvalue weighted by Crippen LogP contribution is 2.37. The van der Waals surface area contributed by atoms with E-state index in [9.17, 15) is 9.59 Å². The molecule has 0 radical (unpaired) electrons. The van der Waals surface area contributed by atoms with Gasteiger partial charge in [-0.15, -0.1) is 0 Å². The van der Waals surface area contributed by atoms with Gasteiger partial charge in [0.25, 0.3) is 5.91 Å². The van der Waals surface area contributed by atoms with Gasteiger partial charge in [0, 0.05) is 5.92 Å². The van der Waals surface area contributed by atoms with E-state index < -0.39 is 0 Å². The summed E-state index contributed by atoms with van der Waals surface area (Å²) in [6.07, 6.45) is 0.889. The molecule has 1 aliphatic rings. The molecule has 1 saturated carbocycles. The first kappa shape index (κ1) is 14.4. The van der Waals surface area contributed by atoms with Crippen LogP contribution >= 0.6 is 0 Å². The van der Waals surface area contributed by atoms with Crippen LogP contribution in [0.2, 0.25) is 0 Å². The maximum atomic E-state index is 11.6. The highest BCUT2D eigenvalue weighted by atomic mass is 16.5. The number of carbonyl (C=O) groups is 2. The number of benzene rings is 1. The van der Waals surface area contributed by atoms with Crippen LogP contribution in [0.15, 0.2) is 18.2 Å². The van der Waals surface area contributed by atoms with Gasteiger partial charge in [-0.05, 0) is 37.3 Å². The molecule has 1 aromatic rings. The molecule has 0 aromatic heterocycles. The fourth-order valence-electron chi connectivity index (χ4n) is 2.11. The Morgan fingerprint density at radius 3 is 2.40 bits per heavy atom. The molecule has 0 heterocycles. The highest BCUT2D eigenvalue weighted by molar-refractivity contribution is 5.85. The second-order valence-electron chi connectivity index (χ2n) is 5.37. The molecule has 2 atom stereocenters. The largest absolute Gasteiger partial charge is 0.483 e. The Morgan fingerprint density at radius 1 is 1.25 bits per heavy atom. The Hall–Kier alpha value is -2.04. The first-order valence-corrected chi connectivity index (χ1v) is 6.76. The molecule has 2 rings (SSSR count). The second-order valence-corrected chi connectivity index (χ2v) is 5.37. The minimum absolute atomic E-state index is 0.0369. The van der Waals surface area contributed by atoms with E-state index in [-0.39, 0.29) is 24.3 Å². The van der Waals surface area contributed by atoms with E-state index in [1.54, 1.807) is 0 Å². The third-order valence-corrected chi connectivity index (χ3v) is 3.53. The van der Waals surface area contributed by atoms with Crippen molar-refractivity contribution in [3.63, 3.8) is 0 Å². The zero-order valence-corrected chi connectivity index (χ0v) is 12.0. The van der Waals surface area contributed by atoms with Gasteiger partial charge in [-0.1, -0.05) is 25.1 Å². The van der Waals surface area contributed by atoms with E-state index in [0.717, 1.165) is 17.5 Å². The van der Waals surface area contributed by atoms with Crippen LogP contribution in [0.5, 0.6) is 5.75 Å². The lowest BCUT2D eigenvalue weighted by atomic mass is 10.1. The van der Waals surface area contributed by atoms with Crippen molar-refractivity contribution in [2.24, 2.45) is 11.8 Å². The van der Waals surface area contributed by atoms with Crippen LogP contribution in [-0.4, -0.2) is 18.4 Å². The maximum absolute atomic E-state index is 11.6. The molecule has 0 bridgehead atoms. The molecule has 5 nitrogen and oxygen atoms in total. The average molecular weight is 276 g/mol. The van der Waals surface area contributed by atoms with E-state index in [0.29, 0.717) is 11.7 Å². The van der Waals surface area contributed by atoms with Crippen molar-refractivity contribution in [3.8, 4) is 5.75 Å². The first-order valence-electron chi connectivity index (χ1n) is 6.76. The third kappa shape index (κ3) is 3.50. The van der Waals surface area contributed by atoms with Crippen molar-refractivity contribution in [3.05, 3.63) is 29.3 Å². The summed E-state index contributed by atoms with van der Waals surface area (Å²) >= 11 is 0. The number of hydrogen-bond donors (Lipinski definition) is 2. The van der Waals surface area contributed by atoms with Gasteiger partial charge in [-0.3, -0.25) is 20.4 Å². The number of nitrogens with one attached hydrogen (secondary N) is 2. The summed E-state index contributed by atoms with van der Waals surface area (Å²) < 4.78 is 5.50. The Bertz CT molecular complexity index is 508. The van der Waals surface area contributed by atoms with Gasteiger partial charge in [0.1, 0.15) is 5.75 Å². The van der Waals surface area contributed by atoms with E-state index >= 15 is 0 Å². The van der Waals surface area contributed by atoms with Gasteiger partial charge >= 0.3 is 0 Å². The molecule has 0 unspecified atom stereocenters. The summed E-state index contributed by atoms with van der Waals surface area (Å²) in [5.41, 5.74) is 6.75. The van der Waals surface area contributed by atoms with E-state index in [1.165, 1.54) is 0 Å². The molecule has 2 N–H and O–H groups in total. The second kappa shape index (κ2) is 5.94. The quantitative estimate of drug-likeness (QED) is 0.819. The Morgan fingerprint density at radius 2 is 1.85 bits per heavy atom. The number of rotatable bonds is 4. The molecular weight excluding hydrogens is 256 g/mol. The van der Waals surface area contributed by atoms with Crippen molar-refractivity contribution in [2.75, 3.05) is 6.61 Å². The standard InChI is InChI=1S/C15H20N2O3/c1-9-5-4-6-10(2)14(9)20-8-13(18)16-17-15(19)12-7-11(12)3/h4-6,11-12H,7-8H2,1-3H3,(H,16,18)(H,17,19)/t11-,12-/m1/s1. The van der Waals surface area contributed by atoms with Crippen LogP contribution in [0.1, 0.15) is 24.5 Å². The molecule has 0 saturated heterocycles. The number of hydrogen-bond acceptors (Lipinski definition) is 3. The minimum atomic E-state index is -0.366. The molecule has 20 heavy (non-hydrogen) atoms. The Kier molecular flexibility index (Phi) is 4.27. The van der Waals surface area contributed by atoms with Gasteiger partial charge in [0.05, 0.1) is 0 Å². The number of ether oxygens (including phenoxy) is 1. The highest BCUT2D eigenvalue weighted by Gasteiger charge is 2.39. The topological polar surface area (TPSA) is 67.4 Å². The molecule has 1 aromatic carbocycles. The van der Waals surface area contributed by atoms with Crippen LogP contribution in [0, 0.1) is 25.7 Å². The smallest absolute Gasteiger partial charge is 0.276 e. The number of para-hydroxylation sites is 1. The summed E-state index contributed by atoms with van der Waals surface area (Å²) in [4.78, 5) is 23.2. The summed E-state index contributed by atoms with van der Waals surface area (Å²) in [6.45, 7) is 5.75. The van der Waals surface area contributed by atoms with Crippen molar-refractivity contribution in [2.45, 2.75) is 27.2 Å². The number of hydrazine groups is 1. The Balaban J connectivity index is 1.76. The minimum Gasteiger partial charge on any atom is -0.483 e. The number of carbonyl (C=O) groups excluding carboxylic acids is 2. The van der Waals surface area contributed by atoms with Crippen molar-refractivity contribution >= 4 is 11.8 Å².